The largest absolute Gasteiger partial charge is 0.368 e. The van der Waals surface area contributed by atoms with Crippen LogP contribution in [-0.2, 0) is 16.4 Å². The molecule has 6 heteroatoms. The number of piperazine rings is 1. The number of aryl methyl sites for hydroxylation is 1. The number of unbranched alkanes of at least 4 members (excludes halogenated alkanes) is 1. The van der Waals surface area contributed by atoms with Crippen LogP contribution < -0.4 is 4.90 Å². The Labute approximate surface area is 161 Å². The van der Waals surface area contributed by atoms with Crippen LogP contribution in [0.25, 0.3) is 0 Å². The maximum atomic E-state index is 12.9. The van der Waals surface area contributed by atoms with Crippen molar-refractivity contribution >= 4 is 27.3 Å². The molecule has 0 bridgehead atoms. The van der Waals surface area contributed by atoms with E-state index in [4.69, 9.17) is 11.6 Å². The van der Waals surface area contributed by atoms with E-state index in [-0.39, 0.29) is 0 Å². The van der Waals surface area contributed by atoms with E-state index in [1.807, 2.05) is 36.4 Å². The van der Waals surface area contributed by atoms with Crippen LogP contribution in [0.4, 0.5) is 5.69 Å². The van der Waals surface area contributed by atoms with Gasteiger partial charge in [-0.05, 0) is 42.7 Å². The van der Waals surface area contributed by atoms with E-state index in [1.165, 1.54) is 5.56 Å². The number of hydrogen-bond donors (Lipinski definition) is 0. The summed E-state index contributed by atoms with van der Waals surface area (Å²) in [6.45, 7) is 4.35. The van der Waals surface area contributed by atoms with Crippen LogP contribution in [0.3, 0.4) is 0 Å². The Kier molecular flexibility index (Phi) is 6.22. The van der Waals surface area contributed by atoms with Crippen molar-refractivity contribution in [2.75, 3.05) is 31.1 Å². The molecule has 0 saturated carbocycles. The molecule has 0 unspecified atom stereocenters. The predicted molar refractivity (Wildman–Crippen MR) is 107 cm³/mol. The number of para-hydroxylation sites is 1. The topological polar surface area (TPSA) is 40.6 Å². The second kappa shape index (κ2) is 8.42. The number of hydrogen-bond acceptors (Lipinski definition) is 3. The summed E-state index contributed by atoms with van der Waals surface area (Å²) in [6.07, 6.45) is 3.25. The Hall–Kier alpha value is -1.56. The summed E-state index contributed by atoms with van der Waals surface area (Å²) in [6, 6.07) is 15.0. The Bertz CT molecular complexity index is 829. The van der Waals surface area contributed by atoms with Gasteiger partial charge in [0.15, 0.2) is 0 Å². The quantitative estimate of drug-likeness (QED) is 0.739. The lowest BCUT2D eigenvalue weighted by Gasteiger charge is -2.35. The standard InChI is InChI=1S/C20H25ClN2O2S/c1-2-3-6-17-9-11-18(12-10-17)26(24,25)23-15-13-22(14-16-23)20-8-5-4-7-19(20)21/h4-5,7-12H,2-3,6,13-16H2,1H3. The van der Waals surface area contributed by atoms with Crippen LogP contribution in [0.2, 0.25) is 5.02 Å². The third-order valence-corrected chi connectivity index (χ3v) is 7.04. The highest BCUT2D eigenvalue weighted by Gasteiger charge is 2.28. The normalized spacial score (nSPS) is 16.0. The molecule has 1 aliphatic heterocycles. The van der Waals surface area contributed by atoms with Gasteiger partial charge in [0.25, 0.3) is 0 Å². The van der Waals surface area contributed by atoms with Gasteiger partial charge in [0.1, 0.15) is 0 Å². The molecule has 1 heterocycles. The van der Waals surface area contributed by atoms with E-state index >= 15 is 0 Å². The van der Waals surface area contributed by atoms with E-state index in [9.17, 15) is 8.42 Å². The van der Waals surface area contributed by atoms with Gasteiger partial charge in [0.05, 0.1) is 15.6 Å². The van der Waals surface area contributed by atoms with Gasteiger partial charge in [-0.3, -0.25) is 0 Å². The molecule has 4 nitrogen and oxygen atoms in total. The molecule has 2 aromatic carbocycles. The van der Waals surface area contributed by atoms with Gasteiger partial charge in [-0.15, -0.1) is 0 Å². The first-order valence-electron chi connectivity index (χ1n) is 9.11. The first kappa shape index (κ1) is 19.2. The SMILES string of the molecule is CCCCc1ccc(S(=O)(=O)N2CCN(c3ccccc3Cl)CC2)cc1. The fraction of sp³-hybridized carbons (Fsp3) is 0.400. The summed E-state index contributed by atoms with van der Waals surface area (Å²) in [4.78, 5) is 2.52. The highest BCUT2D eigenvalue weighted by molar-refractivity contribution is 7.89. The summed E-state index contributed by atoms with van der Waals surface area (Å²) in [5, 5.41) is 0.700. The summed E-state index contributed by atoms with van der Waals surface area (Å²) in [5.41, 5.74) is 2.15. The number of sulfonamides is 1. The van der Waals surface area contributed by atoms with Gasteiger partial charge >= 0.3 is 0 Å². The van der Waals surface area contributed by atoms with Crippen molar-refractivity contribution in [2.24, 2.45) is 0 Å². The summed E-state index contributed by atoms with van der Waals surface area (Å²) >= 11 is 6.26. The third-order valence-electron chi connectivity index (χ3n) is 4.81. The van der Waals surface area contributed by atoms with Crippen molar-refractivity contribution in [1.29, 1.82) is 0 Å². The minimum Gasteiger partial charge on any atom is -0.368 e. The minimum absolute atomic E-state index is 0.379. The van der Waals surface area contributed by atoms with E-state index < -0.39 is 10.0 Å². The summed E-state index contributed by atoms with van der Waals surface area (Å²) < 4.78 is 27.4. The lowest BCUT2D eigenvalue weighted by Crippen LogP contribution is -2.48. The second-order valence-corrected chi connectivity index (χ2v) is 8.94. The highest BCUT2D eigenvalue weighted by atomic mass is 35.5. The lowest BCUT2D eigenvalue weighted by atomic mass is 10.1. The van der Waals surface area contributed by atoms with Crippen molar-refractivity contribution in [2.45, 2.75) is 31.1 Å². The number of halogens is 1. The zero-order valence-corrected chi connectivity index (χ0v) is 16.6. The van der Waals surface area contributed by atoms with Crippen LogP contribution in [0.15, 0.2) is 53.4 Å². The maximum Gasteiger partial charge on any atom is 0.243 e. The van der Waals surface area contributed by atoms with Gasteiger partial charge < -0.3 is 4.90 Å². The summed E-state index contributed by atoms with van der Waals surface area (Å²) in [5.74, 6) is 0. The van der Waals surface area contributed by atoms with Crippen molar-refractivity contribution in [3.63, 3.8) is 0 Å². The van der Waals surface area contributed by atoms with Crippen LogP contribution in [0, 0.1) is 0 Å². The molecule has 0 N–H and O–H groups in total. The third kappa shape index (κ3) is 4.22. The molecule has 1 saturated heterocycles. The molecular formula is C20H25ClN2O2S. The molecule has 0 aromatic heterocycles. The average Bonchev–Trinajstić information content (AvgIpc) is 2.67. The zero-order valence-electron chi connectivity index (χ0n) is 15.1. The van der Waals surface area contributed by atoms with Gasteiger partial charge in [-0.25, -0.2) is 8.42 Å². The van der Waals surface area contributed by atoms with Crippen molar-refractivity contribution < 1.29 is 8.42 Å². The zero-order chi connectivity index (χ0) is 18.6. The smallest absolute Gasteiger partial charge is 0.243 e. The number of rotatable bonds is 6. The number of nitrogens with zero attached hydrogens (tertiary/aromatic N) is 2. The predicted octanol–water partition coefficient (Wildman–Crippen LogP) is 4.19. The number of anilines is 1. The van der Waals surface area contributed by atoms with E-state index in [0.29, 0.717) is 36.1 Å². The molecule has 0 atom stereocenters. The Balaban J connectivity index is 1.67. The van der Waals surface area contributed by atoms with Gasteiger partial charge in [0.2, 0.25) is 10.0 Å². The van der Waals surface area contributed by atoms with Gasteiger partial charge in [0, 0.05) is 26.2 Å². The summed E-state index contributed by atoms with van der Waals surface area (Å²) in [7, 11) is -3.44. The molecule has 3 rings (SSSR count). The molecule has 26 heavy (non-hydrogen) atoms. The first-order valence-corrected chi connectivity index (χ1v) is 10.9. The molecular weight excluding hydrogens is 368 g/mol. The highest BCUT2D eigenvalue weighted by Crippen LogP contribution is 2.27. The lowest BCUT2D eigenvalue weighted by molar-refractivity contribution is 0.385. The second-order valence-electron chi connectivity index (χ2n) is 6.59. The monoisotopic (exact) mass is 392 g/mol. The Morgan fingerprint density at radius 1 is 0.962 bits per heavy atom. The number of benzene rings is 2. The van der Waals surface area contributed by atoms with Crippen LogP contribution >= 0.6 is 11.6 Å². The van der Waals surface area contributed by atoms with Crippen LogP contribution in [0.5, 0.6) is 0 Å². The molecule has 140 valence electrons. The Morgan fingerprint density at radius 2 is 1.62 bits per heavy atom. The molecule has 0 radical (unpaired) electrons. The van der Waals surface area contributed by atoms with Crippen molar-refractivity contribution in [3.8, 4) is 0 Å². The first-order chi connectivity index (χ1) is 12.5. The average molecular weight is 393 g/mol. The molecule has 2 aromatic rings. The maximum absolute atomic E-state index is 12.9. The minimum atomic E-state index is -3.44. The van der Waals surface area contributed by atoms with Crippen molar-refractivity contribution in [3.05, 3.63) is 59.1 Å². The van der Waals surface area contributed by atoms with E-state index in [2.05, 4.69) is 11.8 Å². The van der Waals surface area contributed by atoms with E-state index in [1.54, 1.807) is 16.4 Å². The molecule has 0 spiro atoms. The fourth-order valence-electron chi connectivity index (χ4n) is 3.24. The molecule has 1 aliphatic rings. The molecule has 0 aliphatic carbocycles. The van der Waals surface area contributed by atoms with E-state index in [0.717, 1.165) is 24.9 Å². The molecule has 1 fully saturated rings. The van der Waals surface area contributed by atoms with Crippen molar-refractivity contribution in [1.82, 2.24) is 4.31 Å². The van der Waals surface area contributed by atoms with Gasteiger partial charge in [-0.1, -0.05) is 49.2 Å². The van der Waals surface area contributed by atoms with Gasteiger partial charge in [-0.2, -0.15) is 4.31 Å². The fourth-order valence-corrected chi connectivity index (χ4v) is 4.91. The van der Waals surface area contributed by atoms with Crippen LogP contribution in [-0.4, -0.2) is 38.9 Å². The van der Waals surface area contributed by atoms with Crippen LogP contribution in [0.1, 0.15) is 25.3 Å². The Morgan fingerprint density at radius 3 is 2.23 bits per heavy atom. The molecule has 0 amide bonds.